The molecule has 0 aliphatic carbocycles. The lowest BCUT2D eigenvalue weighted by Gasteiger charge is -2.09. The van der Waals surface area contributed by atoms with Gasteiger partial charge in [-0.25, -0.2) is 0 Å². The first-order valence-electron chi connectivity index (χ1n) is 4.79. The zero-order valence-corrected chi connectivity index (χ0v) is 8.75. The standard InChI is InChI=1S/C9H14N2.C2H6/c1-11-7-9(10)8-5-3-2-4-6-8;1-2/h2-6,9,11H,7,10H2,1H3;1-2H3. The lowest BCUT2D eigenvalue weighted by Crippen LogP contribution is -2.23. The minimum Gasteiger partial charge on any atom is -0.323 e. The van der Waals surface area contributed by atoms with E-state index >= 15 is 0 Å². The van der Waals surface area contributed by atoms with E-state index in [0.717, 1.165) is 6.54 Å². The van der Waals surface area contributed by atoms with Crippen LogP contribution in [0.15, 0.2) is 30.3 Å². The van der Waals surface area contributed by atoms with Crippen LogP contribution in [0.25, 0.3) is 0 Å². The van der Waals surface area contributed by atoms with Crippen LogP contribution < -0.4 is 11.1 Å². The molecule has 0 saturated carbocycles. The van der Waals surface area contributed by atoms with Crippen LogP contribution in [0.5, 0.6) is 0 Å². The molecule has 0 bridgehead atoms. The van der Waals surface area contributed by atoms with Crippen molar-refractivity contribution in [3.8, 4) is 0 Å². The molecule has 2 heteroatoms. The van der Waals surface area contributed by atoms with Crippen LogP contribution >= 0.6 is 0 Å². The van der Waals surface area contributed by atoms with E-state index in [-0.39, 0.29) is 6.04 Å². The van der Waals surface area contributed by atoms with Crippen molar-refractivity contribution in [1.29, 1.82) is 0 Å². The first-order chi connectivity index (χ1) is 6.34. The Morgan fingerprint density at radius 3 is 2.23 bits per heavy atom. The number of nitrogens with one attached hydrogen (secondary N) is 1. The topological polar surface area (TPSA) is 38.0 Å². The number of hydrogen-bond donors (Lipinski definition) is 2. The summed E-state index contributed by atoms with van der Waals surface area (Å²) >= 11 is 0. The highest BCUT2D eigenvalue weighted by Crippen LogP contribution is 2.07. The van der Waals surface area contributed by atoms with Crippen LogP contribution in [0.4, 0.5) is 0 Å². The minimum atomic E-state index is 0.112. The van der Waals surface area contributed by atoms with E-state index in [2.05, 4.69) is 5.32 Å². The van der Waals surface area contributed by atoms with Crippen molar-refractivity contribution in [2.75, 3.05) is 13.6 Å². The second kappa shape index (κ2) is 7.77. The molecule has 1 atom stereocenters. The lowest BCUT2D eigenvalue weighted by molar-refractivity contribution is 0.653. The summed E-state index contributed by atoms with van der Waals surface area (Å²) in [5.74, 6) is 0. The number of rotatable bonds is 3. The Labute approximate surface area is 81.2 Å². The predicted octanol–water partition coefficient (Wildman–Crippen LogP) is 1.93. The molecule has 0 heterocycles. The van der Waals surface area contributed by atoms with Gasteiger partial charge in [0.1, 0.15) is 0 Å². The number of benzene rings is 1. The number of hydrogen-bond acceptors (Lipinski definition) is 2. The Kier molecular flexibility index (Phi) is 7.26. The largest absolute Gasteiger partial charge is 0.323 e. The molecular formula is C11H20N2. The van der Waals surface area contributed by atoms with Gasteiger partial charge in [-0.1, -0.05) is 44.2 Å². The van der Waals surface area contributed by atoms with Gasteiger partial charge in [-0.3, -0.25) is 0 Å². The van der Waals surface area contributed by atoms with Crippen molar-refractivity contribution < 1.29 is 0 Å². The highest BCUT2D eigenvalue weighted by molar-refractivity contribution is 5.18. The molecule has 0 aliphatic heterocycles. The van der Waals surface area contributed by atoms with Gasteiger partial charge in [-0.05, 0) is 12.6 Å². The summed E-state index contributed by atoms with van der Waals surface area (Å²) in [6, 6.07) is 10.2. The van der Waals surface area contributed by atoms with Crippen LogP contribution in [-0.2, 0) is 0 Å². The SMILES string of the molecule is CC.CNCC(N)c1ccccc1. The van der Waals surface area contributed by atoms with E-state index in [1.165, 1.54) is 5.56 Å². The van der Waals surface area contributed by atoms with E-state index in [4.69, 9.17) is 5.73 Å². The molecule has 0 aromatic heterocycles. The summed E-state index contributed by atoms with van der Waals surface area (Å²) in [6.07, 6.45) is 0. The Hall–Kier alpha value is -0.860. The number of nitrogens with two attached hydrogens (primary N) is 1. The van der Waals surface area contributed by atoms with Crippen molar-refractivity contribution in [3.05, 3.63) is 35.9 Å². The Balaban J connectivity index is 0.000000671. The molecule has 1 rings (SSSR count). The zero-order valence-electron chi connectivity index (χ0n) is 8.75. The van der Waals surface area contributed by atoms with Gasteiger partial charge < -0.3 is 11.1 Å². The molecule has 0 fully saturated rings. The minimum absolute atomic E-state index is 0.112. The Morgan fingerprint density at radius 1 is 1.23 bits per heavy atom. The van der Waals surface area contributed by atoms with Crippen LogP contribution in [0.3, 0.4) is 0 Å². The fourth-order valence-corrected chi connectivity index (χ4v) is 1.04. The summed E-state index contributed by atoms with van der Waals surface area (Å²) in [5, 5.41) is 3.04. The van der Waals surface area contributed by atoms with Gasteiger partial charge in [0.05, 0.1) is 0 Å². The van der Waals surface area contributed by atoms with Crippen molar-refractivity contribution in [3.63, 3.8) is 0 Å². The first-order valence-corrected chi connectivity index (χ1v) is 4.79. The van der Waals surface area contributed by atoms with Gasteiger partial charge >= 0.3 is 0 Å². The number of likely N-dealkylation sites (N-methyl/N-ethyl adjacent to an activating group) is 1. The third kappa shape index (κ3) is 4.65. The highest BCUT2D eigenvalue weighted by atomic mass is 14.9. The van der Waals surface area contributed by atoms with Crippen molar-refractivity contribution in [2.45, 2.75) is 19.9 Å². The molecule has 0 radical (unpaired) electrons. The average molecular weight is 180 g/mol. The normalized spacial score (nSPS) is 11.4. The fourth-order valence-electron chi connectivity index (χ4n) is 1.04. The summed E-state index contributed by atoms with van der Waals surface area (Å²) in [4.78, 5) is 0. The highest BCUT2D eigenvalue weighted by Gasteiger charge is 2.01. The molecule has 13 heavy (non-hydrogen) atoms. The first kappa shape index (κ1) is 12.1. The van der Waals surface area contributed by atoms with E-state index < -0.39 is 0 Å². The monoisotopic (exact) mass is 180 g/mol. The molecular weight excluding hydrogens is 160 g/mol. The zero-order chi connectivity index (χ0) is 10.1. The molecule has 1 unspecified atom stereocenters. The summed E-state index contributed by atoms with van der Waals surface area (Å²) in [6.45, 7) is 4.82. The smallest absolute Gasteiger partial charge is 0.0421 e. The van der Waals surface area contributed by atoms with Gasteiger partial charge in [0.25, 0.3) is 0 Å². The van der Waals surface area contributed by atoms with Gasteiger partial charge in [-0.2, -0.15) is 0 Å². The second-order valence-electron chi connectivity index (χ2n) is 2.57. The van der Waals surface area contributed by atoms with E-state index in [9.17, 15) is 0 Å². The van der Waals surface area contributed by atoms with Gasteiger partial charge in [0, 0.05) is 12.6 Å². The average Bonchev–Trinajstić information content (AvgIpc) is 2.23. The maximum atomic E-state index is 5.84. The van der Waals surface area contributed by atoms with Gasteiger partial charge in [-0.15, -0.1) is 0 Å². The third-order valence-corrected chi connectivity index (χ3v) is 1.65. The van der Waals surface area contributed by atoms with Crippen LogP contribution in [0, 0.1) is 0 Å². The summed E-state index contributed by atoms with van der Waals surface area (Å²) in [7, 11) is 1.91. The predicted molar refractivity (Wildman–Crippen MR) is 58.6 cm³/mol. The van der Waals surface area contributed by atoms with Crippen molar-refractivity contribution in [2.24, 2.45) is 5.73 Å². The maximum Gasteiger partial charge on any atom is 0.0421 e. The summed E-state index contributed by atoms with van der Waals surface area (Å²) < 4.78 is 0. The van der Waals surface area contributed by atoms with Gasteiger partial charge in [0.2, 0.25) is 0 Å². The van der Waals surface area contributed by atoms with Crippen molar-refractivity contribution in [1.82, 2.24) is 5.32 Å². The molecule has 0 spiro atoms. The lowest BCUT2D eigenvalue weighted by atomic mass is 10.1. The molecule has 2 nitrogen and oxygen atoms in total. The quantitative estimate of drug-likeness (QED) is 0.746. The molecule has 0 saturated heterocycles. The molecule has 0 aliphatic rings. The third-order valence-electron chi connectivity index (χ3n) is 1.65. The Bertz CT molecular complexity index is 197. The molecule has 1 aromatic carbocycles. The maximum absolute atomic E-state index is 5.84. The molecule has 0 amide bonds. The van der Waals surface area contributed by atoms with Crippen molar-refractivity contribution >= 4 is 0 Å². The van der Waals surface area contributed by atoms with E-state index in [1.807, 2.05) is 51.2 Å². The van der Waals surface area contributed by atoms with Crippen LogP contribution in [0.1, 0.15) is 25.5 Å². The molecule has 74 valence electrons. The second-order valence-corrected chi connectivity index (χ2v) is 2.57. The van der Waals surface area contributed by atoms with Crippen LogP contribution in [0.2, 0.25) is 0 Å². The van der Waals surface area contributed by atoms with Crippen LogP contribution in [-0.4, -0.2) is 13.6 Å². The molecule has 1 aromatic rings. The van der Waals surface area contributed by atoms with E-state index in [0.29, 0.717) is 0 Å². The Morgan fingerprint density at radius 2 is 1.77 bits per heavy atom. The molecule has 3 N–H and O–H groups in total. The summed E-state index contributed by atoms with van der Waals surface area (Å²) in [5.41, 5.74) is 7.03. The fraction of sp³-hybridized carbons (Fsp3) is 0.455. The van der Waals surface area contributed by atoms with Gasteiger partial charge in [0.15, 0.2) is 0 Å². The van der Waals surface area contributed by atoms with E-state index in [1.54, 1.807) is 0 Å².